The molecule has 0 aromatic carbocycles. The van der Waals surface area contributed by atoms with E-state index in [0.717, 1.165) is 40.9 Å². The summed E-state index contributed by atoms with van der Waals surface area (Å²) in [7, 11) is 0. The summed E-state index contributed by atoms with van der Waals surface area (Å²) in [5.41, 5.74) is 10.0. The Bertz CT molecular complexity index is 1120. The van der Waals surface area contributed by atoms with Gasteiger partial charge in [-0.2, -0.15) is 5.10 Å². The number of rotatable bonds is 6. The summed E-state index contributed by atoms with van der Waals surface area (Å²) < 4.78 is 7.60. The SMILES string of the molecule is CC(C)Cn1cc(-c2cc(N3CCOCC3C)nc3c(/C(N)=C/C=N)nccc23)cn1. The third kappa shape index (κ3) is 4.29. The van der Waals surface area contributed by atoms with Gasteiger partial charge in [0.05, 0.1) is 31.1 Å². The summed E-state index contributed by atoms with van der Waals surface area (Å²) in [5.74, 6) is 1.38. The third-order valence-electron chi connectivity index (χ3n) is 5.41. The fraction of sp³-hybridized carbons (Fsp3) is 0.391. The van der Waals surface area contributed by atoms with Crippen molar-refractivity contribution in [3.63, 3.8) is 0 Å². The van der Waals surface area contributed by atoms with Gasteiger partial charge in [0.2, 0.25) is 0 Å². The number of hydrogen-bond acceptors (Lipinski definition) is 7. The third-order valence-corrected chi connectivity index (χ3v) is 5.41. The average Bonchev–Trinajstić information content (AvgIpc) is 3.20. The molecule has 1 saturated heterocycles. The lowest BCUT2D eigenvalue weighted by atomic mass is 10.0. The normalized spacial score (nSPS) is 17.5. The van der Waals surface area contributed by atoms with Crippen molar-refractivity contribution in [1.29, 1.82) is 5.41 Å². The van der Waals surface area contributed by atoms with E-state index in [9.17, 15) is 0 Å². The second-order valence-corrected chi connectivity index (χ2v) is 8.33. The minimum atomic E-state index is 0.213. The van der Waals surface area contributed by atoms with E-state index in [1.54, 1.807) is 6.20 Å². The van der Waals surface area contributed by atoms with Crippen molar-refractivity contribution in [2.45, 2.75) is 33.4 Å². The Morgan fingerprint density at radius 2 is 2.26 bits per heavy atom. The molecule has 1 unspecified atom stereocenters. The molecule has 4 rings (SSSR count). The van der Waals surface area contributed by atoms with Gasteiger partial charge in [-0.15, -0.1) is 0 Å². The maximum Gasteiger partial charge on any atom is 0.130 e. The van der Waals surface area contributed by atoms with E-state index >= 15 is 0 Å². The maximum absolute atomic E-state index is 7.39. The van der Waals surface area contributed by atoms with Crippen LogP contribution < -0.4 is 10.6 Å². The Morgan fingerprint density at radius 1 is 1.42 bits per heavy atom. The predicted molar refractivity (Wildman–Crippen MR) is 124 cm³/mol. The van der Waals surface area contributed by atoms with Gasteiger partial charge in [-0.3, -0.25) is 9.67 Å². The van der Waals surface area contributed by atoms with Crippen LogP contribution in [-0.4, -0.2) is 51.8 Å². The fourth-order valence-electron chi connectivity index (χ4n) is 3.95. The van der Waals surface area contributed by atoms with Crippen LogP contribution in [0, 0.1) is 11.3 Å². The molecule has 0 aliphatic carbocycles. The second-order valence-electron chi connectivity index (χ2n) is 8.33. The lowest BCUT2D eigenvalue weighted by Crippen LogP contribution is -2.44. The average molecular weight is 420 g/mol. The number of allylic oxidation sites excluding steroid dienone is 1. The van der Waals surface area contributed by atoms with Crippen molar-refractivity contribution in [3.8, 4) is 11.1 Å². The molecule has 0 saturated carbocycles. The number of aromatic nitrogens is 4. The van der Waals surface area contributed by atoms with Crippen molar-refractivity contribution in [2.24, 2.45) is 11.7 Å². The quantitative estimate of drug-likeness (QED) is 0.594. The minimum absolute atomic E-state index is 0.213. The topological polar surface area (TPSA) is 106 Å². The molecule has 0 bridgehead atoms. The molecule has 1 aliphatic rings. The maximum atomic E-state index is 7.39. The number of pyridine rings is 2. The van der Waals surface area contributed by atoms with Crippen LogP contribution in [0.4, 0.5) is 5.82 Å². The number of nitrogens with two attached hydrogens (primary N) is 1. The molecule has 1 fully saturated rings. The standard InChI is InChI=1S/C23H29N7O/c1-15(2)12-29-13-17(11-27-29)19-10-21(30-8-9-31-14-16(30)3)28-22-18(19)5-7-26-23(22)20(25)4-6-24/h4-7,10-11,13,15-16,24H,8-9,12,14,25H2,1-3H3/b20-4-,24-6?. The van der Waals surface area contributed by atoms with Gasteiger partial charge in [0.15, 0.2) is 0 Å². The van der Waals surface area contributed by atoms with Crippen molar-refractivity contribution >= 4 is 28.6 Å². The molecule has 1 atom stereocenters. The molecule has 1 aliphatic heterocycles. The zero-order valence-electron chi connectivity index (χ0n) is 18.2. The molecule has 31 heavy (non-hydrogen) atoms. The second kappa shape index (κ2) is 8.85. The number of hydrogen-bond donors (Lipinski definition) is 2. The minimum Gasteiger partial charge on any atom is -0.397 e. The molecule has 162 valence electrons. The lowest BCUT2D eigenvalue weighted by molar-refractivity contribution is 0.0986. The molecule has 8 heteroatoms. The first-order valence-corrected chi connectivity index (χ1v) is 10.6. The molecule has 3 aromatic rings. The van der Waals surface area contributed by atoms with Crippen molar-refractivity contribution in [2.75, 3.05) is 24.7 Å². The van der Waals surface area contributed by atoms with Crippen LogP contribution >= 0.6 is 0 Å². The Morgan fingerprint density at radius 3 is 3.00 bits per heavy atom. The first kappa shape index (κ1) is 21.0. The monoisotopic (exact) mass is 419 g/mol. The van der Waals surface area contributed by atoms with Crippen LogP contribution in [0.25, 0.3) is 27.7 Å². The van der Waals surface area contributed by atoms with E-state index in [1.807, 2.05) is 16.9 Å². The van der Waals surface area contributed by atoms with Gasteiger partial charge in [-0.1, -0.05) is 13.8 Å². The highest BCUT2D eigenvalue weighted by atomic mass is 16.5. The van der Waals surface area contributed by atoms with Crippen molar-refractivity contribution < 1.29 is 4.74 Å². The van der Waals surface area contributed by atoms with Crippen LogP contribution in [0.3, 0.4) is 0 Å². The van der Waals surface area contributed by atoms with E-state index in [1.165, 1.54) is 12.3 Å². The molecule has 0 amide bonds. The molecule has 0 spiro atoms. The Balaban J connectivity index is 1.93. The number of anilines is 1. The molecular weight excluding hydrogens is 390 g/mol. The zero-order valence-corrected chi connectivity index (χ0v) is 18.2. The number of morpholine rings is 1. The van der Waals surface area contributed by atoms with Gasteiger partial charge >= 0.3 is 0 Å². The molecule has 8 nitrogen and oxygen atoms in total. The van der Waals surface area contributed by atoms with Gasteiger partial charge in [-0.05, 0) is 36.6 Å². The molecule has 3 aromatic heterocycles. The summed E-state index contributed by atoms with van der Waals surface area (Å²) in [6, 6.07) is 4.30. The van der Waals surface area contributed by atoms with E-state index in [0.29, 0.717) is 30.5 Å². The Labute approximate surface area is 182 Å². The van der Waals surface area contributed by atoms with Gasteiger partial charge in [0.25, 0.3) is 0 Å². The summed E-state index contributed by atoms with van der Waals surface area (Å²) in [6.07, 6.45) is 8.43. The fourth-order valence-corrected chi connectivity index (χ4v) is 3.95. The Hall–Kier alpha value is -3.26. The first-order valence-electron chi connectivity index (χ1n) is 10.6. The number of nitrogens with one attached hydrogen (secondary N) is 1. The number of nitrogens with zero attached hydrogens (tertiary/aromatic N) is 5. The summed E-state index contributed by atoms with van der Waals surface area (Å²) in [6.45, 7) is 9.46. The van der Waals surface area contributed by atoms with Crippen LogP contribution in [-0.2, 0) is 11.3 Å². The van der Waals surface area contributed by atoms with E-state index < -0.39 is 0 Å². The van der Waals surface area contributed by atoms with Crippen molar-refractivity contribution in [1.82, 2.24) is 19.7 Å². The smallest absolute Gasteiger partial charge is 0.130 e. The number of fused-ring (bicyclic) bond motifs is 1. The molecule has 0 radical (unpaired) electrons. The number of ether oxygens (including phenoxy) is 1. The lowest BCUT2D eigenvalue weighted by Gasteiger charge is -2.34. The highest BCUT2D eigenvalue weighted by molar-refractivity contribution is 6.01. The zero-order chi connectivity index (χ0) is 22.0. The first-order chi connectivity index (χ1) is 15.0. The Kier molecular flexibility index (Phi) is 5.99. The van der Waals surface area contributed by atoms with Crippen LogP contribution in [0.5, 0.6) is 0 Å². The van der Waals surface area contributed by atoms with Crippen LogP contribution in [0.2, 0.25) is 0 Å². The van der Waals surface area contributed by atoms with Crippen LogP contribution in [0.1, 0.15) is 26.5 Å². The van der Waals surface area contributed by atoms with Gasteiger partial charge in [-0.25, -0.2) is 4.98 Å². The summed E-state index contributed by atoms with van der Waals surface area (Å²) in [5, 5.41) is 12.9. The van der Waals surface area contributed by atoms with E-state index in [-0.39, 0.29) is 6.04 Å². The molecule has 4 heterocycles. The molecular formula is C23H29N7O. The van der Waals surface area contributed by atoms with Gasteiger partial charge in [0, 0.05) is 42.6 Å². The van der Waals surface area contributed by atoms with E-state index in [2.05, 4.69) is 48.0 Å². The van der Waals surface area contributed by atoms with Crippen molar-refractivity contribution in [3.05, 3.63) is 42.5 Å². The van der Waals surface area contributed by atoms with Gasteiger partial charge < -0.3 is 20.8 Å². The summed E-state index contributed by atoms with van der Waals surface area (Å²) >= 11 is 0. The highest BCUT2D eigenvalue weighted by Crippen LogP contribution is 2.34. The predicted octanol–water partition coefficient (Wildman–Crippen LogP) is 3.32. The largest absolute Gasteiger partial charge is 0.397 e. The molecule has 3 N–H and O–H groups in total. The highest BCUT2D eigenvalue weighted by Gasteiger charge is 2.23. The summed E-state index contributed by atoms with van der Waals surface area (Å²) in [4.78, 5) is 11.7. The van der Waals surface area contributed by atoms with Gasteiger partial charge in [0.1, 0.15) is 17.0 Å². The van der Waals surface area contributed by atoms with E-state index in [4.69, 9.17) is 20.9 Å². The van der Waals surface area contributed by atoms with Crippen LogP contribution in [0.15, 0.2) is 36.8 Å².